The Morgan fingerprint density at radius 1 is 1.77 bits per heavy atom. The Morgan fingerprint density at radius 2 is 2.46 bits per heavy atom. The quantitative estimate of drug-likeness (QED) is 0.805. The molecule has 0 fully saturated rings. The number of hydrogen-bond acceptors (Lipinski definition) is 3. The van der Waals surface area contributed by atoms with Crippen molar-refractivity contribution >= 4 is 17.2 Å². The topological polar surface area (TPSA) is 56.0 Å². The van der Waals surface area contributed by atoms with Crippen LogP contribution in [0, 0.1) is 0 Å². The molecule has 1 aromatic heterocycles. The zero-order valence-electron chi connectivity index (χ0n) is 7.91. The van der Waals surface area contributed by atoms with Gasteiger partial charge in [0.2, 0.25) is 0 Å². The number of carbonyl (C=O) groups is 1. The molecule has 0 saturated carbocycles. The van der Waals surface area contributed by atoms with E-state index in [2.05, 4.69) is 18.8 Å². The van der Waals surface area contributed by atoms with Gasteiger partial charge in [-0.3, -0.25) is 4.79 Å². The van der Waals surface area contributed by atoms with E-state index in [0.717, 1.165) is 17.8 Å². The summed E-state index contributed by atoms with van der Waals surface area (Å²) in [6, 6.07) is 0. The SMILES string of the molecule is CCCC(C)c1nc(C(N)=O)cs1. The molecule has 0 bridgehead atoms. The van der Waals surface area contributed by atoms with E-state index in [1.807, 2.05) is 0 Å². The molecule has 0 aliphatic carbocycles. The van der Waals surface area contributed by atoms with Gasteiger partial charge in [0, 0.05) is 11.3 Å². The number of amides is 1. The maximum atomic E-state index is 10.8. The van der Waals surface area contributed by atoms with Crippen molar-refractivity contribution in [1.82, 2.24) is 4.98 Å². The van der Waals surface area contributed by atoms with E-state index in [0.29, 0.717) is 11.6 Å². The highest BCUT2D eigenvalue weighted by atomic mass is 32.1. The van der Waals surface area contributed by atoms with E-state index >= 15 is 0 Å². The molecule has 0 saturated heterocycles. The van der Waals surface area contributed by atoms with Crippen LogP contribution in [-0.4, -0.2) is 10.9 Å². The van der Waals surface area contributed by atoms with Crippen LogP contribution in [0.4, 0.5) is 0 Å². The molecule has 72 valence electrons. The zero-order valence-corrected chi connectivity index (χ0v) is 8.73. The van der Waals surface area contributed by atoms with Crippen LogP contribution < -0.4 is 5.73 Å². The van der Waals surface area contributed by atoms with Gasteiger partial charge in [0.15, 0.2) is 0 Å². The maximum Gasteiger partial charge on any atom is 0.268 e. The minimum absolute atomic E-state index is 0.392. The summed E-state index contributed by atoms with van der Waals surface area (Å²) in [6.45, 7) is 4.26. The van der Waals surface area contributed by atoms with E-state index in [1.165, 1.54) is 11.3 Å². The molecular formula is C9H14N2OS. The predicted octanol–water partition coefficient (Wildman–Crippen LogP) is 2.15. The molecule has 0 aliphatic rings. The van der Waals surface area contributed by atoms with E-state index in [1.54, 1.807) is 5.38 Å². The van der Waals surface area contributed by atoms with Gasteiger partial charge in [-0.1, -0.05) is 20.3 Å². The summed E-state index contributed by atoms with van der Waals surface area (Å²) in [5.41, 5.74) is 5.50. The highest BCUT2D eigenvalue weighted by molar-refractivity contribution is 7.09. The molecule has 0 aliphatic heterocycles. The van der Waals surface area contributed by atoms with E-state index in [-0.39, 0.29) is 0 Å². The molecule has 1 amide bonds. The van der Waals surface area contributed by atoms with E-state index in [9.17, 15) is 4.79 Å². The lowest BCUT2D eigenvalue weighted by Gasteiger charge is -2.04. The van der Waals surface area contributed by atoms with Crippen molar-refractivity contribution in [3.05, 3.63) is 16.1 Å². The zero-order chi connectivity index (χ0) is 9.84. The van der Waals surface area contributed by atoms with Gasteiger partial charge in [0.1, 0.15) is 5.69 Å². The standard InChI is InChI=1S/C9H14N2OS/c1-3-4-6(2)9-11-7(5-13-9)8(10)12/h5-6H,3-4H2,1-2H3,(H2,10,12). The van der Waals surface area contributed by atoms with Gasteiger partial charge < -0.3 is 5.73 Å². The first kappa shape index (κ1) is 10.2. The summed E-state index contributed by atoms with van der Waals surface area (Å²) in [6.07, 6.45) is 2.23. The average molecular weight is 198 g/mol. The first-order valence-corrected chi connectivity index (χ1v) is 5.28. The second kappa shape index (κ2) is 4.37. The summed E-state index contributed by atoms with van der Waals surface area (Å²) in [5.74, 6) is -0.00528. The third-order valence-electron chi connectivity index (χ3n) is 1.92. The van der Waals surface area contributed by atoms with Gasteiger partial charge in [-0.2, -0.15) is 0 Å². The fourth-order valence-electron chi connectivity index (χ4n) is 1.18. The van der Waals surface area contributed by atoms with Crippen molar-refractivity contribution in [1.29, 1.82) is 0 Å². The Bertz CT molecular complexity index is 296. The average Bonchev–Trinajstić information content (AvgIpc) is 2.52. The molecule has 2 N–H and O–H groups in total. The molecule has 0 spiro atoms. The highest BCUT2D eigenvalue weighted by Crippen LogP contribution is 2.23. The summed E-state index contributed by atoms with van der Waals surface area (Å²) in [7, 11) is 0. The predicted molar refractivity (Wildman–Crippen MR) is 54.0 cm³/mol. The van der Waals surface area contributed by atoms with Crippen molar-refractivity contribution in [2.75, 3.05) is 0 Å². The fourth-order valence-corrected chi connectivity index (χ4v) is 2.09. The number of carbonyl (C=O) groups excluding carboxylic acids is 1. The van der Waals surface area contributed by atoms with Crippen LogP contribution in [0.3, 0.4) is 0 Å². The lowest BCUT2D eigenvalue weighted by molar-refractivity contribution is 0.0996. The molecule has 1 aromatic rings. The van der Waals surface area contributed by atoms with Crippen LogP contribution in [0.1, 0.15) is 48.1 Å². The minimum Gasteiger partial charge on any atom is -0.364 e. The van der Waals surface area contributed by atoms with Gasteiger partial charge in [-0.15, -0.1) is 11.3 Å². The fraction of sp³-hybridized carbons (Fsp3) is 0.556. The molecular weight excluding hydrogens is 184 g/mol. The first-order valence-electron chi connectivity index (χ1n) is 4.40. The molecule has 1 unspecified atom stereocenters. The molecule has 1 heterocycles. The number of thiazole rings is 1. The van der Waals surface area contributed by atoms with E-state index in [4.69, 9.17) is 5.73 Å². The van der Waals surface area contributed by atoms with Crippen molar-refractivity contribution < 1.29 is 4.79 Å². The maximum absolute atomic E-state index is 10.8. The smallest absolute Gasteiger partial charge is 0.268 e. The number of hydrogen-bond donors (Lipinski definition) is 1. The Hall–Kier alpha value is -0.900. The van der Waals surface area contributed by atoms with Gasteiger partial charge in [0.25, 0.3) is 5.91 Å². The molecule has 3 nitrogen and oxygen atoms in total. The lowest BCUT2D eigenvalue weighted by Crippen LogP contribution is -2.11. The monoisotopic (exact) mass is 198 g/mol. The number of nitrogens with zero attached hydrogens (tertiary/aromatic N) is 1. The summed E-state index contributed by atoms with van der Waals surface area (Å²) in [4.78, 5) is 14.9. The van der Waals surface area contributed by atoms with Crippen LogP contribution in [0.5, 0.6) is 0 Å². The summed E-state index contributed by atoms with van der Waals surface area (Å²) in [5, 5.41) is 2.74. The number of primary amides is 1. The number of nitrogens with two attached hydrogens (primary N) is 1. The van der Waals surface area contributed by atoms with Crippen LogP contribution >= 0.6 is 11.3 Å². The van der Waals surface area contributed by atoms with Gasteiger partial charge in [-0.25, -0.2) is 4.98 Å². The highest BCUT2D eigenvalue weighted by Gasteiger charge is 2.11. The number of aromatic nitrogens is 1. The second-order valence-corrected chi connectivity index (χ2v) is 4.01. The second-order valence-electron chi connectivity index (χ2n) is 3.12. The Balaban J connectivity index is 2.73. The van der Waals surface area contributed by atoms with Gasteiger partial charge >= 0.3 is 0 Å². The summed E-state index contributed by atoms with van der Waals surface area (Å²) >= 11 is 1.51. The molecule has 0 aromatic carbocycles. The molecule has 4 heteroatoms. The van der Waals surface area contributed by atoms with Crippen LogP contribution in [-0.2, 0) is 0 Å². The normalized spacial score (nSPS) is 12.8. The van der Waals surface area contributed by atoms with Crippen molar-refractivity contribution in [3.63, 3.8) is 0 Å². The summed E-state index contributed by atoms with van der Waals surface area (Å²) < 4.78 is 0. The van der Waals surface area contributed by atoms with Crippen molar-refractivity contribution in [2.24, 2.45) is 5.73 Å². The van der Waals surface area contributed by atoms with E-state index < -0.39 is 5.91 Å². The largest absolute Gasteiger partial charge is 0.364 e. The molecule has 1 atom stereocenters. The lowest BCUT2D eigenvalue weighted by atomic mass is 10.1. The van der Waals surface area contributed by atoms with Gasteiger partial charge in [0.05, 0.1) is 5.01 Å². The Kier molecular flexibility index (Phi) is 3.42. The third kappa shape index (κ3) is 2.52. The molecule has 1 rings (SSSR count). The van der Waals surface area contributed by atoms with Crippen molar-refractivity contribution in [2.45, 2.75) is 32.6 Å². The number of rotatable bonds is 4. The van der Waals surface area contributed by atoms with Crippen LogP contribution in [0.2, 0.25) is 0 Å². The third-order valence-corrected chi connectivity index (χ3v) is 2.99. The van der Waals surface area contributed by atoms with Crippen LogP contribution in [0.15, 0.2) is 5.38 Å². The van der Waals surface area contributed by atoms with Crippen LogP contribution in [0.25, 0.3) is 0 Å². The Morgan fingerprint density at radius 3 is 2.92 bits per heavy atom. The molecule has 13 heavy (non-hydrogen) atoms. The van der Waals surface area contributed by atoms with Crippen molar-refractivity contribution in [3.8, 4) is 0 Å². The minimum atomic E-state index is -0.439. The first-order chi connectivity index (χ1) is 6.15. The molecule has 0 radical (unpaired) electrons. The Labute approximate surface area is 82.0 Å². The van der Waals surface area contributed by atoms with Gasteiger partial charge in [-0.05, 0) is 6.42 Å².